The number of carbonyl (C=O) groups is 2. The van der Waals surface area contributed by atoms with Gasteiger partial charge in [-0.2, -0.15) is 23.5 Å². The van der Waals surface area contributed by atoms with Gasteiger partial charge in [0.1, 0.15) is 12.1 Å². The van der Waals surface area contributed by atoms with Gasteiger partial charge >= 0.3 is 12.2 Å². The van der Waals surface area contributed by atoms with Crippen molar-refractivity contribution >= 4 is 35.1 Å². The van der Waals surface area contributed by atoms with Crippen molar-refractivity contribution in [3.63, 3.8) is 0 Å². The standard InChI is InChI=1S/C29H30F3N9O3/c30-29(31,32)16-36-27(43)39-22-4-1-3-19(9-22)24-15-35-25-10-20(14-38-41(24)25)21(12-34)13-37-28(6-7-33)17-40(18-28)26(42)11-23-5-2-8-44-23/h1,3-4,9-10,12-15,23H,2,5-6,8,11,16-18,34H2,(H2,36,39,43). The summed E-state index contributed by atoms with van der Waals surface area (Å²) in [6.07, 6.45) is 3.84. The smallest absolute Gasteiger partial charge is 0.404 e. The minimum absolute atomic E-state index is 0.00828. The molecule has 0 saturated carbocycles. The first-order chi connectivity index (χ1) is 21.1. The maximum atomic E-state index is 12.6. The Morgan fingerprint density at radius 2 is 2.09 bits per heavy atom. The first-order valence-corrected chi connectivity index (χ1v) is 13.9. The summed E-state index contributed by atoms with van der Waals surface area (Å²) < 4.78 is 44.3. The molecular weight excluding hydrogens is 579 g/mol. The fourth-order valence-corrected chi connectivity index (χ4v) is 5.12. The van der Waals surface area contributed by atoms with Gasteiger partial charge in [-0.05, 0) is 31.0 Å². The Balaban J connectivity index is 1.27. The molecular formula is C29H30F3N9O3. The van der Waals surface area contributed by atoms with Gasteiger partial charge in [-0.3, -0.25) is 9.79 Å². The highest BCUT2D eigenvalue weighted by atomic mass is 19.4. The quantitative estimate of drug-likeness (QED) is 0.313. The van der Waals surface area contributed by atoms with E-state index in [0.29, 0.717) is 54.2 Å². The minimum atomic E-state index is -4.52. The number of aromatic nitrogens is 3. The van der Waals surface area contributed by atoms with E-state index in [0.717, 1.165) is 12.8 Å². The van der Waals surface area contributed by atoms with Gasteiger partial charge in [0, 0.05) is 54.5 Å². The number of nitrogens with two attached hydrogens (primary N) is 1. The molecule has 0 bridgehead atoms. The van der Waals surface area contributed by atoms with E-state index in [4.69, 9.17) is 10.5 Å². The number of nitrogens with one attached hydrogen (secondary N) is 2. The van der Waals surface area contributed by atoms with Crippen LogP contribution in [0.1, 0.15) is 31.2 Å². The molecule has 4 heterocycles. The largest absolute Gasteiger partial charge is 0.405 e. The third kappa shape index (κ3) is 7.14. The van der Waals surface area contributed by atoms with Crippen LogP contribution in [0.25, 0.3) is 22.5 Å². The van der Waals surface area contributed by atoms with E-state index in [2.05, 4.69) is 26.5 Å². The average Bonchev–Trinajstić information content (AvgIpc) is 3.64. The second kappa shape index (κ2) is 12.7. The number of halogens is 3. The summed E-state index contributed by atoms with van der Waals surface area (Å²) in [5.74, 6) is -0.00828. The number of carbonyl (C=O) groups excluding carboxylic acids is 2. The molecule has 12 nitrogen and oxygen atoms in total. The van der Waals surface area contributed by atoms with Gasteiger partial charge in [-0.25, -0.2) is 14.3 Å². The second-order valence-corrected chi connectivity index (χ2v) is 10.7. The van der Waals surface area contributed by atoms with Crippen LogP contribution in [0, 0.1) is 11.3 Å². The van der Waals surface area contributed by atoms with Gasteiger partial charge in [-0.1, -0.05) is 12.1 Å². The van der Waals surface area contributed by atoms with E-state index in [1.807, 2.05) is 0 Å². The van der Waals surface area contributed by atoms with Crippen LogP contribution in [-0.2, 0) is 9.53 Å². The number of nitriles is 1. The van der Waals surface area contributed by atoms with Gasteiger partial charge in [-0.15, -0.1) is 0 Å². The predicted molar refractivity (Wildman–Crippen MR) is 155 cm³/mol. The summed E-state index contributed by atoms with van der Waals surface area (Å²) in [4.78, 5) is 35.3. The molecule has 3 aromatic rings. The van der Waals surface area contributed by atoms with Gasteiger partial charge < -0.3 is 26.0 Å². The summed E-state index contributed by atoms with van der Waals surface area (Å²) in [5.41, 5.74) is 8.32. The minimum Gasteiger partial charge on any atom is -0.404 e. The molecule has 3 amide bonds. The third-order valence-electron chi connectivity index (χ3n) is 7.37. The van der Waals surface area contributed by atoms with Gasteiger partial charge in [0.2, 0.25) is 5.91 Å². The molecule has 2 aliphatic rings. The van der Waals surface area contributed by atoms with E-state index >= 15 is 0 Å². The van der Waals surface area contributed by atoms with Crippen molar-refractivity contribution in [3.05, 3.63) is 54.5 Å². The van der Waals surface area contributed by atoms with Gasteiger partial charge in [0.15, 0.2) is 5.65 Å². The van der Waals surface area contributed by atoms with Gasteiger partial charge in [0.05, 0.1) is 43.1 Å². The lowest BCUT2D eigenvalue weighted by atomic mass is 9.86. The predicted octanol–water partition coefficient (Wildman–Crippen LogP) is 3.51. The third-order valence-corrected chi connectivity index (χ3v) is 7.37. The summed E-state index contributed by atoms with van der Waals surface area (Å²) in [5, 5.41) is 18.0. The van der Waals surface area contributed by atoms with E-state index in [-0.39, 0.29) is 24.1 Å². The summed E-state index contributed by atoms with van der Waals surface area (Å²) in [7, 11) is 0. The number of fused-ring (bicyclic) bond motifs is 1. The number of aliphatic imine (C=N–C) groups is 1. The highest BCUT2D eigenvalue weighted by Gasteiger charge is 2.45. The van der Waals surface area contributed by atoms with Crippen LogP contribution in [0.2, 0.25) is 0 Å². The van der Waals surface area contributed by atoms with Crippen molar-refractivity contribution < 1.29 is 27.5 Å². The molecule has 2 aliphatic heterocycles. The van der Waals surface area contributed by atoms with Crippen LogP contribution in [0.15, 0.2) is 53.9 Å². The number of anilines is 1. The number of nitrogens with zero attached hydrogens (tertiary/aromatic N) is 6. The normalized spacial score (nSPS) is 18.3. The van der Waals surface area contributed by atoms with Crippen LogP contribution >= 0.6 is 0 Å². The van der Waals surface area contributed by atoms with E-state index in [1.165, 1.54) is 6.20 Å². The Kier molecular flexibility index (Phi) is 8.81. The first kappa shape index (κ1) is 30.5. The first-order valence-electron chi connectivity index (χ1n) is 13.9. The highest BCUT2D eigenvalue weighted by molar-refractivity contribution is 6.10. The summed E-state index contributed by atoms with van der Waals surface area (Å²) in [6.45, 7) is -0.106. The van der Waals surface area contributed by atoms with E-state index in [1.54, 1.807) is 63.7 Å². The Bertz CT molecular complexity index is 1630. The molecule has 1 atom stereocenters. The maximum absolute atomic E-state index is 12.6. The van der Waals surface area contributed by atoms with Crippen LogP contribution in [0.3, 0.4) is 0 Å². The van der Waals surface area contributed by atoms with Crippen molar-refractivity contribution in [2.75, 3.05) is 31.6 Å². The molecule has 2 saturated heterocycles. The van der Waals surface area contributed by atoms with Crippen molar-refractivity contribution in [3.8, 4) is 17.3 Å². The molecule has 0 radical (unpaired) electrons. The number of likely N-dealkylation sites (tertiary alicyclic amines) is 1. The number of ether oxygens (including phenoxy) is 1. The van der Waals surface area contributed by atoms with Crippen LogP contribution in [-0.4, -0.2) is 81.7 Å². The monoisotopic (exact) mass is 609 g/mol. The van der Waals surface area contributed by atoms with Crippen LogP contribution in [0.5, 0.6) is 0 Å². The Morgan fingerprint density at radius 1 is 1.27 bits per heavy atom. The van der Waals surface area contributed by atoms with Crippen molar-refractivity contribution in [2.24, 2.45) is 10.7 Å². The number of amides is 3. The lowest BCUT2D eigenvalue weighted by Crippen LogP contribution is -2.62. The highest BCUT2D eigenvalue weighted by Crippen LogP contribution is 2.31. The topological polar surface area (TPSA) is 163 Å². The Labute approximate surface area is 250 Å². The number of hydrogen-bond acceptors (Lipinski definition) is 8. The number of rotatable bonds is 9. The number of hydrogen-bond donors (Lipinski definition) is 3. The molecule has 44 heavy (non-hydrogen) atoms. The van der Waals surface area contributed by atoms with Crippen molar-refractivity contribution in [1.29, 1.82) is 5.26 Å². The molecule has 2 aromatic heterocycles. The van der Waals surface area contributed by atoms with Gasteiger partial charge in [0.25, 0.3) is 0 Å². The number of allylic oxidation sites excluding steroid dienone is 1. The SMILES string of the molecule is N#CCC1(N=CC(=CN)c2cnn3c(-c4cccc(NC(=O)NCC(F)(F)F)c4)cnc3c2)CN(C(=O)CC2CCCO2)C1. The number of urea groups is 1. The fraction of sp³-hybridized carbons (Fsp3) is 0.379. The zero-order chi connectivity index (χ0) is 31.3. The number of imidazole rings is 1. The molecule has 1 aromatic carbocycles. The molecule has 1 unspecified atom stereocenters. The molecule has 2 fully saturated rings. The lowest BCUT2D eigenvalue weighted by molar-refractivity contribution is -0.140. The molecule has 5 rings (SSSR count). The zero-order valence-corrected chi connectivity index (χ0v) is 23.5. The molecule has 0 spiro atoms. The average molecular weight is 610 g/mol. The summed E-state index contributed by atoms with van der Waals surface area (Å²) >= 11 is 0. The van der Waals surface area contributed by atoms with Crippen molar-refractivity contribution in [2.45, 2.75) is 43.5 Å². The number of benzene rings is 1. The molecule has 230 valence electrons. The Morgan fingerprint density at radius 3 is 2.80 bits per heavy atom. The molecule has 0 aliphatic carbocycles. The maximum Gasteiger partial charge on any atom is 0.405 e. The molecule has 15 heteroatoms. The summed E-state index contributed by atoms with van der Waals surface area (Å²) in [6, 6.07) is 9.46. The zero-order valence-electron chi connectivity index (χ0n) is 23.5. The van der Waals surface area contributed by atoms with Crippen LogP contribution in [0.4, 0.5) is 23.7 Å². The van der Waals surface area contributed by atoms with Crippen molar-refractivity contribution in [1.82, 2.24) is 24.8 Å². The van der Waals surface area contributed by atoms with Crippen LogP contribution < -0.4 is 16.4 Å². The van der Waals surface area contributed by atoms with E-state index in [9.17, 15) is 28.0 Å². The molecule has 4 N–H and O–H groups in total. The number of alkyl halides is 3. The second-order valence-electron chi connectivity index (χ2n) is 10.7. The van der Waals surface area contributed by atoms with E-state index < -0.39 is 24.3 Å². The lowest BCUT2D eigenvalue weighted by Gasteiger charge is -2.46. The fourth-order valence-electron chi connectivity index (χ4n) is 5.12. The Hall–Kier alpha value is -4.97.